The Hall–Kier alpha value is -2.22. The van der Waals surface area contributed by atoms with Crippen LogP contribution in [0.25, 0.3) is 0 Å². The van der Waals surface area contributed by atoms with Gasteiger partial charge in [0.15, 0.2) is 0 Å². The third-order valence-corrected chi connectivity index (χ3v) is 2.58. The fourth-order valence-electron chi connectivity index (χ4n) is 1.71. The first-order valence-corrected chi connectivity index (χ1v) is 5.35. The van der Waals surface area contributed by atoms with Crippen LogP contribution < -0.4 is 15.0 Å². The molecule has 1 amide bonds. The number of carbonyl (C=O) groups is 1. The van der Waals surface area contributed by atoms with Crippen LogP contribution in [0, 0.1) is 11.3 Å². The molecule has 0 saturated carbocycles. The van der Waals surface area contributed by atoms with E-state index in [1.807, 2.05) is 13.1 Å². The summed E-state index contributed by atoms with van der Waals surface area (Å²) in [4.78, 5) is 13.4. The van der Waals surface area contributed by atoms with Crippen LogP contribution in [0.1, 0.15) is 6.42 Å². The van der Waals surface area contributed by atoms with Gasteiger partial charge in [0.25, 0.3) is 0 Å². The van der Waals surface area contributed by atoms with Gasteiger partial charge in [0.05, 0.1) is 18.3 Å². The first-order valence-electron chi connectivity index (χ1n) is 5.35. The topological polar surface area (TPSA) is 65.4 Å². The van der Waals surface area contributed by atoms with Gasteiger partial charge < -0.3 is 15.0 Å². The molecule has 5 heteroatoms. The molecule has 0 saturated heterocycles. The van der Waals surface area contributed by atoms with Crippen LogP contribution in [0.4, 0.5) is 11.4 Å². The van der Waals surface area contributed by atoms with Gasteiger partial charge in [0, 0.05) is 18.8 Å². The zero-order chi connectivity index (χ0) is 12.3. The fraction of sp³-hybridized carbons (Fsp3) is 0.333. The smallest absolute Gasteiger partial charge is 0.238 e. The van der Waals surface area contributed by atoms with Crippen LogP contribution in [-0.4, -0.2) is 26.1 Å². The average Bonchev–Trinajstić information content (AvgIpc) is 2.29. The van der Waals surface area contributed by atoms with E-state index in [-0.39, 0.29) is 12.3 Å². The van der Waals surface area contributed by atoms with E-state index in [1.54, 1.807) is 18.2 Å². The van der Waals surface area contributed by atoms with E-state index in [2.05, 4.69) is 10.2 Å². The van der Waals surface area contributed by atoms with Gasteiger partial charge in [-0.15, -0.1) is 0 Å². The van der Waals surface area contributed by atoms with E-state index in [1.165, 1.54) is 0 Å². The van der Waals surface area contributed by atoms with Gasteiger partial charge in [-0.25, -0.2) is 0 Å². The summed E-state index contributed by atoms with van der Waals surface area (Å²) in [6.45, 7) is 1.49. The Morgan fingerprint density at radius 3 is 3.24 bits per heavy atom. The lowest BCUT2D eigenvalue weighted by Crippen LogP contribution is -2.28. The van der Waals surface area contributed by atoms with Crippen molar-refractivity contribution in [3.8, 4) is 11.8 Å². The maximum absolute atomic E-state index is 11.3. The van der Waals surface area contributed by atoms with Crippen LogP contribution in [0.3, 0.4) is 0 Å². The number of benzene rings is 1. The summed E-state index contributed by atoms with van der Waals surface area (Å²) in [5.41, 5.74) is 1.66. The van der Waals surface area contributed by atoms with E-state index in [0.717, 1.165) is 18.0 Å². The van der Waals surface area contributed by atoms with Gasteiger partial charge in [0.2, 0.25) is 5.91 Å². The zero-order valence-corrected chi connectivity index (χ0v) is 9.56. The lowest BCUT2D eigenvalue weighted by molar-refractivity contribution is -0.115. The molecule has 0 spiro atoms. The van der Waals surface area contributed by atoms with Crippen LogP contribution in [-0.2, 0) is 4.79 Å². The summed E-state index contributed by atoms with van der Waals surface area (Å²) in [6, 6.07) is 7.29. The second kappa shape index (κ2) is 4.74. The Morgan fingerprint density at radius 2 is 2.47 bits per heavy atom. The highest BCUT2D eigenvalue weighted by molar-refractivity contribution is 5.92. The number of nitrogens with zero attached hydrogens (tertiary/aromatic N) is 2. The number of ether oxygens (including phenoxy) is 1. The first kappa shape index (κ1) is 11.3. The Labute approximate surface area is 99.6 Å². The average molecular weight is 231 g/mol. The summed E-state index contributed by atoms with van der Waals surface area (Å²) in [5, 5.41) is 11.0. The zero-order valence-electron chi connectivity index (χ0n) is 9.56. The number of carbonyl (C=O) groups excluding carboxylic acids is 1. The summed E-state index contributed by atoms with van der Waals surface area (Å²) < 4.78 is 5.52. The summed E-state index contributed by atoms with van der Waals surface area (Å²) >= 11 is 0. The molecule has 5 nitrogen and oxygen atoms in total. The van der Waals surface area contributed by atoms with Gasteiger partial charge in [-0.1, -0.05) is 0 Å². The number of amides is 1. The molecule has 0 atom stereocenters. The standard InChI is InChI=1S/C12H13N3O2/c1-15-6-7-17-11-8-9(2-3-10(11)15)14-12(16)4-5-13/h2-3,8H,4,6-7H2,1H3,(H,14,16). The molecule has 1 aliphatic rings. The van der Waals surface area contributed by atoms with Crippen LogP contribution >= 0.6 is 0 Å². The van der Waals surface area contributed by atoms with Crippen LogP contribution in [0.2, 0.25) is 0 Å². The van der Waals surface area contributed by atoms with Crippen molar-refractivity contribution in [2.24, 2.45) is 0 Å². The highest BCUT2D eigenvalue weighted by atomic mass is 16.5. The van der Waals surface area contributed by atoms with Crippen molar-refractivity contribution in [3.63, 3.8) is 0 Å². The van der Waals surface area contributed by atoms with E-state index in [0.29, 0.717) is 12.3 Å². The van der Waals surface area contributed by atoms with E-state index in [4.69, 9.17) is 10.00 Å². The molecule has 0 fully saturated rings. The number of hydrogen-bond acceptors (Lipinski definition) is 4. The third kappa shape index (κ3) is 2.48. The Kier molecular flexibility index (Phi) is 3.15. The maximum Gasteiger partial charge on any atom is 0.238 e. The molecule has 0 unspecified atom stereocenters. The van der Waals surface area contributed by atoms with Crippen molar-refractivity contribution in [2.75, 3.05) is 30.4 Å². The van der Waals surface area contributed by atoms with Gasteiger partial charge in [-0.3, -0.25) is 4.79 Å². The van der Waals surface area contributed by atoms with Crippen molar-refractivity contribution in [3.05, 3.63) is 18.2 Å². The molecule has 17 heavy (non-hydrogen) atoms. The number of rotatable bonds is 2. The summed E-state index contributed by atoms with van der Waals surface area (Å²) in [5.74, 6) is 0.449. The monoisotopic (exact) mass is 231 g/mol. The minimum Gasteiger partial charge on any atom is -0.489 e. The van der Waals surface area contributed by atoms with Crippen molar-refractivity contribution in [1.82, 2.24) is 0 Å². The number of nitrogens with one attached hydrogen (secondary N) is 1. The highest BCUT2D eigenvalue weighted by Gasteiger charge is 2.15. The molecule has 1 aromatic rings. The molecule has 0 aromatic heterocycles. The predicted molar refractivity (Wildman–Crippen MR) is 64.1 cm³/mol. The van der Waals surface area contributed by atoms with Crippen LogP contribution in [0.5, 0.6) is 5.75 Å². The second-order valence-corrected chi connectivity index (χ2v) is 3.84. The Balaban J connectivity index is 2.16. The van der Waals surface area contributed by atoms with Gasteiger partial charge in [0.1, 0.15) is 18.8 Å². The van der Waals surface area contributed by atoms with Gasteiger partial charge in [-0.05, 0) is 12.1 Å². The molecular weight excluding hydrogens is 218 g/mol. The maximum atomic E-state index is 11.3. The van der Waals surface area contributed by atoms with Crippen molar-refractivity contribution >= 4 is 17.3 Å². The molecule has 2 rings (SSSR count). The molecule has 88 valence electrons. The Bertz CT molecular complexity index is 479. The number of nitriles is 1. The van der Waals surface area contributed by atoms with Gasteiger partial charge in [-0.2, -0.15) is 5.26 Å². The first-order chi connectivity index (χ1) is 8.20. The van der Waals surface area contributed by atoms with Crippen molar-refractivity contribution in [1.29, 1.82) is 5.26 Å². The minimum absolute atomic E-state index is 0.141. The second-order valence-electron chi connectivity index (χ2n) is 3.84. The van der Waals surface area contributed by atoms with E-state index < -0.39 is 0 Å². The quantitative estimate of drug-likeness (QED) is 0.834. The Morgan fingerprint density at radius 1 is 1.65 bits per heavy atom. The fourth-order valence-corrected chi connectivity index (χ4v) is 1.71. The number of likely N-dealkylation sites (N-methyl/N-ethyl adjacent to an activating group) is 1. The lowest BCUT2D eigenvalue weighted by atomic mass is 10.2. The number of fused-ring (bicyclic) bond motifs is 1. The summed E-state index contributed by atoms with van der Waals surface area (Å²) in [7, 11) is 2.00. The van der Waals surface area contributed by atoms with Crippen LogP contribution in [0.15, 0.2) is 18.2 Å². The van der Waals surface area contributed by atoms with Crippen molar-refractivity contribution < 1.29 is 9.53 Å². The number of anilines is 2. The molecule has 0 radical (unpaired) electrons. The molecule has 1 N–H and O–H groups in total. The third-order valence-electron chi connectivity index (χ3n) is 2.58. The highest BCUT2D eigenvalue weighted by Crippen LogP contribution is 2.33. The van der Waals surface area contributed by atoms with E-state index >= 15 is 0 Å². The molecule has 1 heterocycles. The normalized spacial score (nSPS) is 13.3. The molecular formula is C12H13N3O2. The van der Waals surface area contributed by atoms with Crippen molar-refractivity contribution in [2.45, 2.75) is 6.42 Å². The number of hydrogen-bond donors (Lipinski definition) is 1. The molecule has 1 aromatic carbocycles. The molecule has 0 aliphatic carbocycles. The SMILES string of the molecule is CN1CCOc2cc(NC(=O)CC#N)ccc21. The molecule has 0 bridgehead atoms. The lowest BCUT2D eigenvalue weighted by Gasteiger charge is -2.27. The minimum atomic E-state index is -0.309. The van der Waals surface area contributed by atoms with E-state index in [9.17, 15) is 4.79 Å². The predicted octanol–water partition coefficient (Wildman–Crippen LogP) is 1.37. The van der Waals surface area contributed by atoms with Gasteiger partial charge >= 0.3 is 0 Å². The molecule has 1 aliphatic heterocycles. The largest absolute Gasteiger partial charge is 0.489 e. The summed E-state index contributed by atoms with van der Waals surface area (Å²) in [6.07, 6.45) is -0.141.